The number of nitrogens with zero attached hydrogens (tertiary/aromatic N) is 3. The predicted molar refractivity (Wildman–Crippen MR) is 102 cm³/mol. The van der Waals surface area contributed by atoms with Crippen molar-refractivity contribution < 1.29 is 14.6 Å². The van der Waals surface area contributed by atoms with Crippen LogP contribution in [-0.4, -0.2) is 45.5 Å². The lowest BCUT2D eigenvalue weighted by Gasteiger charge is -2.25. The lowest BCUT2D eigenvalue weighted by Crippen LogP contribution is -2.32. The van der Waals surface area contributed by atoms with E-state index >= 15 is 0 Å². The molecule has 2 rings (SSSR count). The molecule has 0 saturated heterocycles. The number of carboxylic acids is 1. The Morgan fingerprint density at radius 3 is 2.42 bits per heavy atom. The van der Waals surface area contributed by atoms with Crippen molar-refractivity contribution in [1.82, 2.24) is 14.7 Å². The maximum Gasteiger partial charge on any atom is 0.325 e. The van der Waals surface area contributed by atoms with Gasteiger partial charge in [-0.2, -0.15) is 5.10 Å². The molecule has 2 aromatic rings. The fraction of sp³-hybridized carbons (Fsp3) is 0.500. The molecular formula is C20H29N3O3. The summed E-state index contributed by atoms with van der Waals surface area (Å²) in [4.78, 5) is 13.7. The number of benzene rings is 1. The fourth-order valence-electron chi connectivity index (χ4n) is 3.09. The van der Waals surface area contributed by atoms with Crippen molar-refractivity contribution in [3.8, 4) is 5.75 Å². The number of aromatic nitrogens is 2. The predicted octanol–water partition coefficient (Wildman–Crippen LogP) is 3.43. The molecule has 26 heavy (non-hydrogen) atoms. The van der Waals surface area contributed by atoms with Gasteiger partial charge in [-0.25, -0.2) is 0 Å². The number of aliphatic carboxylic acids is 1. The van der Waals surface area contributed by atoms with Crippen molar-refractivity contribution in [2.45, 2.75) is 52.8 Å². The quantitative estimate of drug-likeness (QED) is 0.743. The van der Waals surface area contributed by atoms with Crippen LogP contribution in [0.4, 0.5) is 0 Å². The molecule has 0 fully saturated rings. The number of carboxylic acid groups (broad SMARTS) is 1. The molecule has 0 aliphatic carbocycles. The van der Waals surface area contributed by atoms with E-state index in [0.29, 0.717) is 6.54 Å². The van der Waals surface area contributed by atoms with Gasteiger partial charge in [-0.15, -0.1) is 0 Å². The van der Waals surface area contributed by atoms with Crippen molar-refractivity contribution in [1.29, 1.82) is 0 Å². The molecule has 1 aromatic heterocycles. The van der Waals surface area contributed by atoms with E-state index in [9.17, 15) is 9.90 Å². The molecule has 0 spiro atoms. The van der Waals surface area contributed by atoms with Gasteiger partial charge in [0.25, 0.3) is 0 Å². The minimum atomic E-state index is -0.851. The van der Waals surface area contributed by atoms with Gasteiger partial charge in [-0.1, -0.05) is 12.1 Å². The average molecular weight is 359 g/mol. The van der Waals surface area contributed by atoms with Crippen LogP contribution in [0.3, 0.4) is 0 Å². The molecule has 0 aliphatic rings. The lowest BCUT2D eigenvalue weighted by molar-refractivity contribution is -0.143. The standard InChI is InChI=1S/C20H29N3O3/c1-14(2)26-18-9-7-17(8-10-18)19(20(24)25)22(5)11-6-12-23-16(4)13-15(3)21-23/h7-10,13-14,19H,6,11-12H2,1-5H3,(H,24,25)/t19-/m1/s1. The molecule has 0 radical (unpaired) electrons. The van der Waals surface area contributed by atoms with Gasteiger partial charge in [0.05, 0.1) is 11.8 Å². The Bertz CT molecular complexity index is 722. The summed E-state index contributed by atoms with van der Waals surface area (Å²) in [7, 11) is 1.85. The number of hydrogen-bond acceptors (Lipinski definition) is 4. The fourth-order valence-corrected chi connectivity index (χ4v) is 3.09. The van der Waals surface area contributed by atoms with E-state index in [0.717, 1.165) is 35.7 Å². The van der Waals surface area contributed by atoms with E-state index in [2.05, 4.69) is 5.10 Å². The molecule has 0 unspecified atom stereocenters. The molecule has 0 saturated carbocycles. The number of carbonyl (C=O) groups is 1. The third-order valence-electron chi connectivity index (χ3n) is 4.23. The van der Waals surface area contributed by atoms with Crippen LogP contribution in [0.25, 0.3) is 0 Å². The van der Waals surface area contributed by atoms with Crippen molar-refractivity contribution in [3.05, 3.63) is 47.3 Å². The molecule has 1 heterocycles. The van der Waals surface area contributed by atoms with Crippen LogP contribution in [0.1, 0.15) is 43.3 Å². The summed E-state index contributed by atoms with van der Waals surface area (Å²) in [5.41, 5.74) is 2.88. The van der Waals surface area contributed by atoms with Gasteiger partial charge in [-0.05, 0) is 64.9 Å². The topological polar surface area (TPSA) is 67.6 Å². The monoisotopic (exact) mass is 359 g/mol. The van der Waals surface area contributed by atoms with Gasteiger partial charge in [0.1, 0.15) is 11.8 Å². The molecule has 6 heteroatoms. The van der Waals surface area contributed by atoms with Gasteiger partial charge in [-0.3, -0.25) is 14.4 Å². The van der Waals surface area contributed by atoms with E-state index in [1.807, 2.05) is 74.7 Å². The summed E-state index contributed by atoms with van der Waals surface area (Å²) in [6.45, 7) is 9.37. The minimum Gasteiger partial charge on any atom is -0.491 e. The number of ether oxygens (including phenoxy) is 1. The lowest BCUT2D eigenvalue weighted by atomic mass is 10.1. The van der Waals surface area contributed by atoms with Crippen LogP contribution in [0.5, 0.6) is 5.75 Å². The van der Waals surface area contributed by atoms with Crippen LogP contribution in [0, 0.1) is 13.8 Å². The Kier molecular flexibility index (Phi) is 6.80. The Hall–Kier alpha value is -2.34. The van der Waals surface area contributed by atoms with E-state index in [-0.39, 0.29) is 6.10 Å². The first-order valence-electron chi connectivity index (χ1n) is 8.98. The van der Waals surface area contributed by atoms with Crippen LogP contribution in [-0.2, 0) is 11.3 Å². The van der Waals surface area contributed by atoms with Crippen molar-refractivity contribution in [3.63, 3.8) is 0 Å². The van der Waals surface area contributed by atoms with E-state index < -0.39 is 12.0 Å². The largest absolute Gasteiger partial charge is 0.491 e. The van der Waals surface area contributed by atoms with Crippen molar-refractivity contribution >= 4 is 5.97 Å². The summed E-state index contributed by atoms with van der Waals surface area (Å²) < 4.78 is 7.60. The number of rotatable bonds is 9. The molecule has 0 bridgehead atoms. The van der Waals surface area contributed by atoms with E-state index in [1.54, 1.807) is 0 Å². The Labute approximate surface area is 155 Å². The summed E-state index contributed by atoms with van der Waals surface area (Å²) in [6.07, 6.45) is 0.921. The van der Waals surface area contributed by atoms with Crippen molar-refractivity contribution in [2.24, 2.45) is 0 Å². The molecule has 1 atom stereocenters. The smallest absolute Gasteiger partial charge is 0.325 e. The van der Waals surface area contributed by atoms with Gasteiger partial charge in [0.2, 0.25) is 0 Å². The highest BCUT2D eigenvalue weighted by molar-refractivity contribution is 5.75. The number of hydrogen-bond donors (Lipinski definition) is 1. The molecule has 1 aromatic carbocycles. The first-order chi connectivity index (χ1) is 12.3. The summed E-state index contributed by atoms with van der Waals surface area (Å²) >= 11 is 0. The van der Waals surface area contributed by atoms with E-state index in [4.69, 9.17) is 4.74 Å². The highest BCUT2D eigenvalue weighted by Gasteiger charge is 2.24. The third kappa shape index (κ3) is 5.33. The molecular weight excluding hydrogens is 330 g/mol. The molecule has 6 nitrogen and oxygen atoms in total. The highest BCUT2D eigenvalue weighted by Crippen LogP contribution is 2.23. The van der Waals surface area contributed by atoms with Crippen LogP contribution < -0.4 is 4.74 Å². The van der Waals surface area contributed by atoms with Gasteiger partial charge < -0.3 is 9.84 Å². The Balaban J connectivity index is 1.99. The SMILES string of the molecule is Cc1cc(C)n(CCCN(C)[C@@H](C(=O)O)c2ccc(OC(C)C)cc2)n1. The Morgan fingerprint density at radius 1 is 1.27 bits per heavy atom. The van der Waals surface area contributed by atoms with Crippen LogP contribution in [0.15, 0.2) is 30.3 Å². The second-order valence-electron chi connectivity index (χ2n) is 6.96. The zero-order valence-corrected chi connectivity index (χ0v) is 16.3. The van der Waals surface area contributed by atoms with Crippen molar-refractivity contribution in [2.75, 3.05) is 13.6 Å². The highest BCUT2D eigenvalue weighted by atomic mass is 16.5. The maximum absolute atomic E-state index is 11.8. The summed E-state index contributed by atoms with van der Waals surface area (Å²) in [6, 6.07) is 8.68. The summed E-state index contributed by atoms with van der Waals surface area (Å²) in [5.74, 6) is -0.101. The maximum atomic E-state index is 11.8. The molecule has 0 amide bonds. The second kappa shape index (κ2) is 8.85. The second-order valence-corrected chi connectivity index (χ2v) is 6.96. The third-order valence-corrected chi connectivity index (χ3v) is 4.23. The minimum absolute atomic E-state index is 0.0909. The average Bonchev–Trinajstić information content (AvgIpc) is 2.86. The van der Waals surface area contributed by atoms with Crippen LogP contribution in [0.2, 0.25) is 0 Å². The zero-order valence-electron chi connectivity index (χ0n) is 16.3. The zero-order chi connectivity index (χ0) is 19.3. The molecule has 1 N–H and O–H groups in total. The van der Waals surface area contributed by atoms with Gasteiger partial charge in [0, 0.05) is 18.8 Å². The number of aryl methyl sites for hydroxylation is 3. The van der Waals surface area contributed by atoms with E-state index in [1.165, 1.54) is 0 Å². The normalized spacial score (nSPS) is 12.6. The van der Waals surface area contributed by atoms with Gasteiger partial charge >= 0.3 is 5.97 Å². The first-order valence-corrected chi connectivity index (χ1v) is 8.98. The van der Waals surface area contributed by atoms with Crippen LogP contribution >= 0.6 is 0 Å². The van der Waals surface area contributed by atoms with Gasteiger partial charge in [0.15, 0.2) is 0 Å². The first kappa shape index (κ1) is 20.0. The summed E-state index contributed by atoms with van der Waals surface area (Å²) in [5, 5.41) is 14.1. The Morgan fingerprint density at radius 2 is 1.92 bits per heavy atom. The molecule has 0 aliphatic heterocycles. The molecule has 142 valence electrons. The number of likely N-dealkylation sites (N-methyl/N-ethyl adjacent to an activating group) is 1.